The van der Waals surface area contributed by atoms with E-state index in [1.807, 2.05) is 4.90 Å². The molecule has 4 nitrogen and oxygen atoms in total. The molecular weight excluding hydrogens is 284 g/mol. The van der Waals surface area contributed by atoms with Gasteiger partial charge in [0.25, 0.3) is 5.91 Å². The highest BCUT2D eigenvalue weighted by Crippen LogP contribution is 2.24. The normalized spacial score (nSPS) is 13.4. The minimum Gasteiger partial charge on any atom is -0.482 e. The molecule has 0 radical (unpaired) electrons. The number of fused-ring (bicyclic) bond motifs is 1. The molecule has 1 amide bonds. The highest BCUT2D eigenvalue weighted by molar-refractivity contribution is 7.10. The summed E-state index contributed by atoms with van der Waals surface area (Å²) in [5, 5.41) is 11.1. The molecule has 1 aromatic carbocycles. The third kappa shape index (κ3) is 2.91. The molecule has 1 aromatic heterocycles. The highest BCUT2D eigenvalue weighted by Gasteiger charge is 2.21. The standard InChI is InChI=1S/C16H14N2O2S/c17-9-12-3-1-2-4-14(12)20-11-16(19)18-7-5-15-13(10-18)6-8-21-15/h1-4,6,8H,5,7,10-11H2. The third-order valence-electron chi connectivity index (χ3n) is 3.52. The van der Waals surface area contributed by atoms with Gasteiger partial charge in [-0.1, -0.05) is 12.1 Å². The Balaban J connectivity index is 1.62. The molecule has 2 heterocycles. The monoisotopic (exact) mass is 298 g/mol. The van der Waals surface area contributed by atoms with Crippen LogP contribution in [-0.2, 0) is 17.8 Å². The number of thiophene rings is 1. The van der Waals surface area contributed by atoms with E-state index in [4.69, 9.17) is 10.00 Å². The molecule has 1 aliphatic heterocycles. The summed E-state index contributed by atoms with van der Waals surface area (Å²) < 4.78 is 5.50. The van der Waals surface area contributed by atoms with Gasteiger partial charge in [-0.3, -0.25) is 4.79 Å². The van der Waals surface area contributed by atoms with Crippen LogP contribution in [0.3, 0.4) is 0 Å². The average Bonchev–Trinajstić information content (AvgIpc) is 3.00. The summed E-state index contributed by atoms with van der Waals surface area (Å²) >= 11 is 1.75. The van der Waals surface area contributed by atoms with Crippen molar-refractivity contribution < 1.29 is 9.53 Å². The van der Waals surface area contributed by atoms with Gasteiger partial charge in [-0.05, 0) is 35.6 Å². The number of benzene rings is 1. The Bertz CT molecular complexity index is 702. The van der Waals surface area contributed by atoms with Crippen molar-refractivity contribution >= 4 is 17.2 Å². The Morgan fingerprint density at radius 1 is 1.38 bits per heavy atom. The van der Waals surface area contributed by atoms with Crippen LogP contribution in [0, 0.1) is 11.3 Å². The molecule has 0 saturated heterocycles. The lowest BCUT2D eigenvalue weighted by molar-refractivity contribution is -0.134. The van der Waals surface area contributed by atoms with Crippen LogP contribution in [0.4, 0.5) is 0 Å². The van der Waals surface area contributed by atoms with Gasteiger partial charge < -0.3 is 9.64 Å². The van der Waals surface area contributed by atoms with Crippen LogP contribution < -0.4 is 4.74 Å². The number of nitrogens with zero attached hydrogens (tertiary/aromatic N) is 2. The molecule has 1 aliphatic rings. The molecule has 0 aliphatic carbocycles. The minimum absolute atomic E-state index is 0.0296. The van der Waals surface area contributed by atoms with E-state index in [9.17, 15) is 4.79 Å². The fourth-order valence-electron chi connectivity index (χ4n) is 2.38. The number of ether oxygens (including phenoxy) is 1. The first-order valence-corrected chi connectivity index (χ1v) is 7.61. The van der Waals surface area contributed by atoms with Gasteiger partial charge >= 0.3 is 0 Å². The van der Waals surface area contributed by atoms with E-state index in [0.717, 1.165) is 13.0 Å². The maximum Gasteiger partial charge on any atom is 0.260 e. The molecule has 106 valence electrons. The molecule has 0 atom stereocenters. The van der Waals surface area contributed by atoms with Crippen molar-refractivity contribution in [1.29, 1.82) is 5.26 Å². The molecule has 0 fully saturated rings. The summed E-state index contributed by atoms with van der Waals surface area (Å²) in [7, 11) is 0. The second kappa shape index (κ2) is 5.98. The van der Waals surface area contributed by atoms with Gasteiger partial charge in [0.15, 0.2) is 6.61 Å². The first-order chi connectivity index (χ1) is 10.3. The molecule has 0 unspecified atom stereocenters. The average molecular weight is 298 g/mol. The zero-order valence-corrected chi connectivity index (χ0v) is 12.2. The number of hydrogen-bond donors (Lipinski definition) is 0. The van der Waals surface area contributed by atoms with Crippen molar-refractivity contribution in [1.82, 2.24) is 4.90 Å². The molecule has 5 heteroatoms. The van der Waals surface area contributed by atoms with Gasteiger partial charge in [0.1, 0.15) is 11.8 Å². The Morgan fingerprint density at radius 2 is 2.24 bits per heavy atom. The highest BCUT2D eigenvalue weighted by atomic mass is 32.1. The van der Waals surface area contributed by atoms with Gasteiger partial charge in [-0.2, -0.15) is 5.26 Å². The first-order valence-electron chi connectivity index (χ1n) is 6.73. The maximum atomic E-state index is 12.2. The van der Waals surface area contributed by atoms with Crippen LogP contribution in [0.15, 0.2) is 35.7 Å². The topological polar surface area (TPSA) is 53.3 Å². The number of amides is 1. The molecule has 0 bridgehead atoms. The van der Waals surface area contributed by atoms with Crippen molar-refractivity contribution in [2.75, 3.05) is 13.2 Å². The first kappa shape index (κ1) is 13.7. The molecule has 0 N–H and O–H groups in total. The molecule has 0 saturated carbocycles. The Labute approximate surface area is 127 Å². The zero-order valence-electron chi connectivity index (χ0n) is 11.4. The Hall–Kier alpha value is -2.32. The smallest absolute Gasteiger partial charge is 0.260 e. The van der Waals surface area contributed by atoms with Crippen molar-refractivity contribution in [3.8, 4) is 11.8 Å². The number of hydrogen-bond acceptors (Lipinski definition) is 4. The molecule has 2 aromatic rings. The van der Waals surface area contributed by atoms with Crippen molar-refractivity contribution in [3.63, 3.8) is 0 Å². The van der Waals surface area contributed by atoms with Crippen LogP contribution in [0.25, 0.3) is 0 Å². The van der Waals surface area contributed by atoms with Crippen LogP contribution in [-0.4, -0.2) is 24.0 Å². The van der Waals surface area contributed by atoms with E-state index < -0.39 is 0 Å². The van der Waals surface area contributed by atoms with Gasteiger partial charge in [0.05, 0.1) is 5.56 Å². The van der Waals surface area contributed by atoms with Gasteiger partial charge in [0, 0.05) is 18.0 Å². The van der Waals surface area contributed by atoms with Crippen molar-refractivity contribution in [2.45, 2.75) is 13.0 Å². The Kier molecular flexibility index (Phi) is 3.89. The summed E-state index contributed by atoms with van der Waals surface area (Å²) in [5.74, 6) is 0.418. The molecular formula is C16H14N2O2S. The van der Waals surface area contributed by atoms with E-state index >= 15 is 0 Å². The predicted molar refractivity (Wildman–Crippen MR) is 80.1 cm³/mol. The SMILES string of the molecule is N#Cc1ccccc1OCC(=O)N1CCc2sccc2C1. The van der Waals surface area contributed by atoms with Crippen LogP contribution in [0.5, 0.6) is 5.75 Å². The summed E-state index contributed by atoms with van der Waals surface area (Å²) in [6, 6.07) is 11.1. The van der Waals surface area contributed by atoms with Gasteiger partial charge in [-0.25, -0.2) is 0 Å². The van der Waals surface area contributed by atoms with Crippen LogP contribution in [0.2, 0.25) is 0 Å². The number of nitriles is 1. The minimum atomic E-state index is -0.0420. The van der Waals surface area contributed by atoms with E-state index in [-0.39, 0.29) is 12.5 Å². The molecule has 0 spiro atoms. The van der Waals surface area contributed by atoms with E-state index in [2.05, 4.69) is 17.5 Å². The Morgan fingerprint density at radius 3 is 3.10 bits per heavy atom. The number of carbonyl (C=O) groups is 1. The van der Waals surface area contributed by atoms with Crippen LogP contribution >= 0.6 is 11.3 Å². The summed E-state index contributed by atoms with van der Waals surface area (Å²) in [6.45, 7) is 1.36. The molecule has 3 rings (SSSR count). The quantitative estimate of drug-likeness (QED) is 0.875. The lowest BCUT2D eigenvalue weighted by Crippen LogP contribution is -2.38. The number of carbonyl (C=O) groups excluding carboxylic acids is 1. The fraction of sp³-hybridized carbons (Fsp3) is 0.250. The van der Waals surface area contributed by atoms with Gasteiger partial charge in [-0.15, -0.1) is 11.3 Å². The van der Waals surface area contributed by atoms with Gasteiger partial charge in [0.2, 0.25) is 0 Å². The maximum absolute atomic E-state index is 12.2. The van der Waals surface area contributed by atoms with E-state index in [1.165, 1.54) is 10.4 Å². The van der Waals surface area contributed by atoms with E-state index in [1.54, 1.807) is 35.6 Å². The second-order valence-electron chi connectivity index (χ2n) is 4.83. The lowest BCUT2D eigenvalue weighted by atomic mass is 10.1. The third-order valence-corrected chi connectivity index (χ3v) is 4.54. The zero-order chi connectivity index (χ0) is 14.7. The number of rotatable bonds is 3. The number of para-hydroxylation sites is 1. The lowest BCUT2D eigenvalue weighted by Gasteiger charge is -2.27. The largest absolute Gasteiger partial charge is 0.482 e. The summed E-state index contributed by atoms with van der Waals surface area (Å²) in [6.07, 6.45) is 0.910. The van der Waals surface area contributed by atoms with Crippen molar-refractivity contribution in [3.05, 3.63) is 51.7 Å². The molecule has 21 heavy (non-hydrogen) atoms. The van der Waals surface area contributed by atoms with Crippen molar-refractivity contribution in [2.24, 2.45) is 0 Å². The summed E-state index contributed by atoms with van der Waals surface area (Å²) in [4.78, 5) is 15.4. The fourth-order valence-corrected chi connectivity index (χ4v) is 3.27. The summed E-state index contributed by atoms with van der Waals surface area (Å²) in [5.41, 5.74) is 1.68. The second-order valence-corrected chi connectivity index (χ2v) is 5.83. The van der Waals surface area contributed by atoms with E-state index in [0.29, 0.717) is 17.9 Å². The van der Waals surface area contributed by atoms with Crippen LogP contribution in [0.1, 0.15) is 16.0 Å². The predicted octanol–water partition coefficient (Wildman–Crippen LogP) is 2.58.